The summed E-state index contributed by atoms with van der Waals surface area (Å²) in [5, 5.41) is 0.626. The van der Waals surface area contributed by atoms with Crippen molar-refractivity contribution in [1.29, 1.82) is 0 Å². The number of rotatable bonds is 4. The van der Waals surface area contributed by atoms with Gasteiger partial charge in [0.1, 0.15) is 5.76 Å². The zero-order chi connectivity index (χ0) is 20.4. The minimum atomic E-state index is -0.0256. The van der Waals surface area contributed by atoms with Crippen LogP contribution >= 0.6 is 11.6 Å². The fourth-order valence-corrected chi connectivity index (χ4v) is 4.35. The highest BCUT2D eigenvalue weighted by Gasteiger charge is 2.30. The van der Waals surface area contributed by atoms with Crippen molar-refractivity contribution in [2.45, 2.75) is 44.9 Å². The topological polar surface area (TPSA) is 66.7 Å². The third-order valence-electron chi connectivity index (χ3n) is 5.91. The molecule has 0 aliphatic carbocycles. The van der Waals surface area contributed by atoms with Gasteiger partial charge in [-0.25, -0.2) is 4.98 Å². The van der Waals surface area contributed by atoms with Crippen LogP contribution in [0.3, 0.4) is 0 Å². The number of amides is 2. The molecule has 2 aliphatic rings. The maximum absolute atomic E-state index is 12.6. The van der Waals surface area contributed by atoms with Gasteiger partial charge in [-0.05, 0) is 44.2 Å². The molecular weight excluding hydrogens is 390 g/mol. The summed E-state index contributed by atoms with van der Waals surface area (Å²) in [6.07, 6.45) is 3.99. The predicted molar refractivity (Wildman–Crippen MR) is 110 cm³/mol. The number of aromatic nitrogens is 1. The van der Waals surface area contributed by atoms with Crippen LogP contribution in [-0.4, -0.2) is 52.8 Å². The molecule has 3 heterocycles. The lowest BCUT2D eigenvalue weighted by molar-refractivity contribution is -0.131. The number of oxazole rings is 1. The van der Waals surface area contributed by atoms with Gasteiger partial charge in [0.25, 0.3) is 5.91 Å². The van der Waals surface area contributed by atoms with E-state index in [2.05, 4.69) is 4.98 Å². The first-order valence-corrected chi connectivity index (χ1v) is 10.7. The van der Waals surface area contributed by atoms with Gasteiger partial charge in [0.15, 0.2) is 11.6 Å². The minimum Gasteiger partial charge on any atom is -0.445 e. The summed E-state index contributed by atoms with van der Waals surface area (Å²) in [5.74, 6) is 1.42. The highest BCUT2D eigenvalue weighted by molar-refractivity contribution is 6.31. The summed E-state index contributed by atoms with van der Waals surface area (Å²) in [6.45, 7) is 4.72. The number of nitrogens with zero attached hydrogens (tertiary/aromatic N) is 3. The number of hydrogen-bond acceptors (Lipinski definition) is 4. The third-order valence-corrected chi connectivity index (χ3v) is 6.27. The van der Waals surface area contributed by atoms with Gasteiger partial charge in [-0.1, -0.05) is 29.8 Å². The minimum absolute atomic E-state index is 0.0256. The van der Waals surface area contributed by atoms with Crippen molar-refractivity contribution >= 4 is 23.4 Å². The van der Waals surface area contributed by atoms with Crippen LogP contribution in [0.1, 0.15) is 59.3 Å². The first-order valence-electron chi connectivity index (χ1n) is 10.3. The number of carbonyl (C=O) groups excluding carboxylic acids is 2. The number of benzene rings is 1. The van der Waals surface area contributed by atoms with Gasteiger partial charge in [0.05, 0.1) is 6.42 Å². The van der Waals surface area contributed by atoms with Crippen molar-refractivity contribution in [2.24, 2.45) is 0 Å². The van der Waals surface area contributed by atoms with Crippen molar-refractivity contribution in [3.63, 3.8) is 0 Å². The summed E-state index contributed by atoms with van der Waals surface area (Å²) < 4.78 is 5.86. The molecule has 0 atom stereocenters. The van der Waals surface area contributed by atoms with Crippen molar-refractivity contribution in [3.05, 3.63) is 52.2 Å². The van der Waals surface area contributed by atoms with E-state index in [9.17, 15) is 9.59 Å². The van der Waals surface area contributed by atoms with Gasteiger partial charge in [-0.2, -0.15) is 0 Å². The van der Waals surface area contributed by atoms with E-state index in [-0.39, 0.29) is 17.7 Å². The van der Waals surface area contributed by atoms with Gasteiger partial charge in [-0.15, -0.1) is 0 Å². The van der Waals surface area contributed by atoms with Crippen LogP contribution in [0.15, 0.2) is 28.7 Å². The highest BCUT2D eigenvalue weighted by Crippen LogP contribution is 2.30. The summed E-state index contributed by atoms with van der Waals surface area (Å²) in [6, 6.07) is 7.46. The quantitative estimate of drug-likeness (QED) is 0.761. The summed E-state index contributed by atoms with van der Waals surface area (Å²) >= 11 is 6.18. The Labute approximate surface area is 175 Å². The monoisotopic (exact) mass is 415 g/mol. The molecule has 2 amide bonds. The number of likely N-dealkylation sites (tertiary alicyclic amines) is 2. The molecule has 0 bridgehead atoms. The molecule has 0 saturated carbocycles. The molecule has 0 unspecified atom stereocenters. The van der Waals surface area contributed by atoms with Crippen LogP contribution in [0.4, 0.5) is 0 Å². The first-order chi connectivity index (χ1) is 14.0. The molecule has 7 heteroatoms. The number of hydrogen-bond donors (Lipinski definition) is 0. The zero-order valence-electron chi connectivity index (χ0n) is 16.7. The number of halogens is 1. The van der Waals surface area contributed by atoms with Gasteiger partial charge >= 0.3 is 0 Å². The van der Waals surface area contributed by atoms with E-state index < -0.39 is 0 Å². The molecule has 2 fully saturated rings. The molecule has 0 radical (unpaired) electrons. The number of carbonyl (C=O) groups is 2. The Morgan fingerprint density at radius 3 is 2.48 bits per heavy atom. The lowest BCUT2D eigenvalue weighted by Crippen LogP contribution is -2.38. The van der Waals surface area contributed by atoms with Crippen molar-refractivity contribution in [3.8, 4) is 0 Å². The van der Waals surface area contributed by atoms with Crippen molar-refractivity contribution < 1.29 is 14.0 Å². The molecule has 29 heavy (non-hydrogen) atoms. The Bertz CT molecular complexity index is 896. The maximum atomic E-state index is 12.6. The van der Waals surface area contributed by atoms with E-state index in [1.165, 1.54) is 0 Å². The molecule has 2 aliphatic heterocycles. The van der Waals surface area contributed by atoms with Gasteiger partial charge < -0.3 is 14.2 Å². The molecule has 2 saturated heterocycles. The average molecular weight is 416 g/mol. The average Bonchev–Trinajstić information content (AvgIpc) is 3.39. The predicted octanol–water partition coefficient (Wildman–Crippen LogP) is 3.82. The molecule has 0 spiro atoms. The maximum Gasteiger partial charge on any atom is 0.276 e. The SMILES string of the molecule is Cc1oc(C2CCN(C(=O)Cc3ccccc3Cl)CC2)nc1C(=O)N1CCCC1. The fraction of sp³-hybridized carbons (Fsp3) is 0.500. The Morgan fingerprint density at radius 2 is 1.79 bits per heavy atom. The second-order valence-corrected chi connectivity index (χ2v) is 8.29. The molecule has 1 aromatic heterocycles. The molecule has 4 rings (SSSR count). The van der Waals surface area contributed by atoms with E-state index in [1.807, 2.05) is 41.0 Å². The van der Waals surface area contributed by atoms with Crippen LogP contribution in [0.2, 0.25) is 5.02 Å². The van der Waals surface area contributed by atoms with E-state index in [4.69, 9.17) is 16.0 Å². The molecule has 1 aromatic carbocycles. The highest BCUT2D eigenvalue weighted by atomic mass is 35.5. The Morgan fingerprint density at radius 1 is 1.10 bits per heavy atom. The Hall–Kier alpha value is -2.34. The molecule has 0 N–H and O–H groups in total. The van der Waals surface area contributed by atoms with E-state index >= 15 is 0 Å². The normalized spacial score (nSPS) is 17.7. The fourth-order valence-electron chi connectivity index (χ4n) is 4.15. The first kappa shape index (κ1) is 20.0. The number of piperidine rings is 1. The molecule has 154 valence electrons. The van der Waals surface area contributed by atoms with E-state index in [0.29, 0.717) is 41.9 Å². The second kappa shape index (κ2) is 8.57. The molecular formula is C22H26ClN3O3. The standard InChI is InChI=1S/C22H26ClN3O3/c1-15-20(22(28)26-10-4-5-11-26)24-21(29-15)16-8-12-25(13-9-16)19(27)14-17-6-2-3-7-18(17)23/h2-3,6-7,16H,4-5,8-14H2,1H3. The Balaban J connectivity index is 1.36. The van der Waals surface area contributed by atoms with Gasteiger partial charge in [0.2, 0.25) is 5.91 Å². The molecule has 2 aromatic rings. The summed E-state index contributed by atoms with van der Waals surface area (Å²) in [7, 11) is 0. The smallest absolute Gasteiger partial charge is 0.276 e. The van der Waals surface area contributed by atoms with E-state index in [0.717, 1.165) is 44.3 Å². The van der Waals surface area contributed by atoms with E-state index in [1.54, 1.807) is 0 Å². The van der Waals surface area contributed by atoms with Crippen molar-refractivity contribution in [1.82, 2.24) is 14.8 Å². The van der Waals surface area contributed by atoms with Crippen LogP contribution in [-0.2, 0) is 11.2 Å². The largest absolute Gasteiger partial charge is 0.445 e. The molecule has 6 nitrogen and oxygen atoms in total. The number of aryl methyl sites for hydroxylation is 1. The van der Waals surface area contributed by atoms with Crippen LogP contribution in [0.5, 0.6) is 0 Å². The summed E-state index contributed by atoms with van der Waals surface area (Å²) in [5.41, 5.74) is 1.30. The second-order valence-electron chi connectivity index (χ2n) is 7.88. The van der Waals surface area contributed by atoms with Crippen LogP contribution < -0.4 is 0 Å². The lowest BCUT2D eigenvalue weighted by atomic mass is 9.96. The van der Waals surface area contributed by atoms with Crippen molar-refractivity contribution in [2.75, 3.05) is 26.2 Å². The Kier molecular flexibility index (Phi) is 5.90. The van der Waals surface area contributed by atoms with Crippen LogP contribution in [0.25, 0.3) is 0 Å². The zero-order valence-corrected chi connectivity index (χ0v) is 17.5. The third kappa shape index (κ3) is 4.32. The van der Waals surface area contributed by atoms with Crippen LogP contribution in [0, 0.1) is 6.92 Å². The lowest BCUT2D eigenvalue weighted by Gasteiger charge is -2.30. The van der Waals surface area contributed by atoms with Gasteiger partial charge in [-0.3, -0.25) is 9.59 Å². The van der Waals surface area contributed by atoms with Gasteiger partial charge in [0, 0.05) is 37.1 Å². The summed E-state index contributed by atoms with van der Waals surface area (Å²) in [4.78, 5) is 33.6.